The van der Waals surface area contributed by atoms with E-state index in [4.69, 9.17) is 14.4 Å². The molecule has 6 nitrogen and oxygen atoms in total. The molecule has 0 atom stereocenters. The molecule has 0 aromatic heterocycles. The number of carbonyl (C=O) groups excluding carboxylic acids is 1. The van der Waals surface area contributed by atoms with Gasteiger partial charge in [0.15, 0.2) is 0 Å². The van der Waals surface area contributed by atoms with Crippen LogP contribution < -0.4 is 10.8 Å². The quantitative estimate of drug-likeness (QED) is 0.725. The number of rotatable bonds is 2. The molecule has 2 amide bonds. The van der Waals surface area contributed by atoms with Gasteiger partial charge in [-0.2, -0.15) is 0 Å². The van der Waals surface area contributed by atoms with Crippen LogP contribution in [0, 0.1) is 6.92 Å². The fourth-order valence-electron chi connectivity index (χ4n) is 3.06. The maximum absolute atomic E-state index is 12.3. The van der Waals surface area contributed by atoms with Crippen LogP contribution in [0.4, 0.5) is 23.7 Å². The lowest BCUT2D eigenvalue weighted by Gasteiger charge is -2.32. The Morgan fingerprint density at radius 2 is 1.62 bits per heavy atom. The lowest BCUT2D eigenvalue weighted by Crippen LogP contribution is -2.41. The van der Waals surface area contributed by atoms with Crippen LogP contribution in [0.5, 0.6) is 0 Å². The second-order valence-corrected chi connectivity index (χ2v) is 8.25. The molecule has 2 aliphatic rings. The summed E-state index contributed by atoms with van der Waals surface area (Å²) >= 11 is 0. The number of amides is 2. The highest BCUT2D eigenvalue weighted by Crippen LogP contribution is 2.36. The second kappa shape index (κ2) is 8.53. The number of aryl methyl sites for hydroxylation is 1. The van der Waals surface area contributed by atoms with E-state index in [1.807, 2.05) is 57.7 Å². The van der Waals surface area contributed by atoms with Gasteiger partial charge in [-0.25, -0.2) is 4.79 Å². The highest BCUT2D eigenvalue weighted by Gasteiger charge is 2.52. The minimum atomic E-state index is -5.00. The molecular formula is C19H28BF3N2O4. The minimum absolute atomic E-state index is 0.0313. The first-order chi connectivity index (χ1) is 13.2. The second-order valence-electron chi connectivity index (χ2n) is 8.25. The Bertz CT molecular complexity index is 713. The van der Waals surface area contributed by atoms with Crippen LogP contribution in [-0.4, -0.2) is 53.8 Å². The summed E-state index contributed by atoms with van der Waals surface area (Å²) in [6.45, 7) is 11.9. The molecule has 3 rings (SSSR count). The highest BCUT2D eigenvalue weighted by atomic mass is 19.4. The third-order valence-corrected chi connectivity index (χ3v) is 5.43. The summed E-state index contributed by atoms with van der Waals surface area (Å²) in [4.78, 5) is 14.1. The number of urea groups is 1. The molecule has 2 aliphatic heterocycles. The molecule has 0 aliphatic carbocycles. The van der Waals surface area contributed by atoms with Crippen LogP contribution in [0.25, 0.3) is 0 Å². The van der Waals surface area contributed by atoms with E-state index in [2.05, 4.69) is 5.32 Å². The van der Waals surface area contributed by atoms with E-state index >= 15 is 0 Å². The zero-order valence-electron chi connectivity index (χ0n) is 17.4. The normalized spacial score (nSPS) is 20.3. The maximum atomic E-state index is 12.3. The molecule has 162 valence electrons. The predicted octanol–water partition coefficient (Wildman–Crippen LogP) is 3.42. The Hall–Kier alpha value is -1.78. The van der Waals surface area contributed by atoms with Crippen molar-refractivity contribution in [3.63, 3.8) is 0 Å². The molecule has 0 spiro atoms. The van der Waals surface area contributed by atoms with Gasteiger partial charge in [0.2, 0.25) is 0 Å². The Kier molecular flexibility index (Phi) is 6.91. The number of benzene rings is 1. The number of hydrogen-bond acceptors (Lipinski definition) is 4. The van der Waals surface area contributed by atoms with Crippen molar-refractivity contribution in [2.45, 2.75) is 65.0 Å². The average Bonchev–Trinajstić information content (AvgIpc) is 3.14. The predicted molar refractivity (Wildman–Crippen MR) is 105 cm³/mol. The van der Waals surface area contributed by atoms with Crippen LogP contribution in [0.1, 0.15) is 46.1 Å². The van der Waals surface area contributed by atoms with Crippen LogP contribution >= 0.6 is 0 Å². The van der Waals surface area contributed by atoms with Crippen molar-refractivity contribution in [3.05, 3.63) is 23.8 Å². The van der Waals surface area contributed by atoms with E-state index in [-0.39, 0.29) is 17.2 Å². The zero-order chi connectivity index (χ0) is 22.0. The van der Waals surface area contributed by atoms with E-state index in [1.54, 1.807) is 0 Å². The summed E-state index contributed by atoms with van der Waals surface area (Å²) in [5.74, 6) is 0. The molecule has 2 heterocycles. The molecule has 0 saturated carbocycles. The zero-order valence-corrected chi connectivity index (χ0v) is 17.4. The number of hydrogen-bond donors (Lipinski definition) is 2. The van der Waals surface area contributed by atoms with Gasteiger partial charge in [-0.15, -0.1) is 13.2 Å². The Labute approximate surface area is 169 Å². The van der Waals surface area contributed by atoms with Crippen molar-refractivity contribution in [2.75, 3.05) is 18.4 Å². The SMILES string of the molecule is Cc1ccc(NC(=O)N2CCCC2)cc1B1OC(C)(C)C(C)(C)O1.OC(F)(F)F. The van der Waals surface area contributed by atoms with Gasteiger partial charge < -0.3 is 24.6 Å². The number of halogens is 3. The Morgan fingerprint density at radius 3 is 2.10 bits per heavy atom. The molecule has 10 heteroatoms. The smallest absolute Gasteiger partial charge is 0.399 e. The number of anilines is 1. The average molecular weight is 416 g/mol. The number of nitrogens with zero attached hydrogens (tertiary/aromatic N) is 1. The molecule has 2 saturated heterocycles. The minimum Gasteiger partial charge on any atom is -0.399 e. The lowest BCUT2D eigenvalue weighted by molar-refractivity contribution is -0.295. The standard InChI is InChI=1S/C18H27BN2O3.CHF3O/c1-13-8-9-14(20-16(22)21-10-6-7-11-21)12-15(13)19-23-17(2,3)18(4,5)24-19;2-1(3,4)5/h8-9,12H,6-7,10-11H2,1-5H3,(H,20,22);5H. The van der Waals surface area contributed by atoms with Gasteiger partial charge in [0.05, 0.1) is 11.2 Å². The Morgan fingerprint density at radius 1 is 1.14 bits per heavy atom. The van der Waals surface area contributed by atoms with Crippen molar-refractivity contribution >= 4 is 24.3 Å². The van der Waals surface area contributed by atoms with Gasteiger partial charge in [0.25, 0.3) is 0 Å². The topological polar surface area (TPSA) is 71.0 Å². The summed E-state index contributed by atoms with van der Waals surface area (Å²) in [6.07, 6.45) is -2.83. The summed E-state index contributed by atoms with van der Waals surface area (Å²) < 4.78 is 42.0. The van der Waals surface area contributed by atoms with E-state index in [0.29, 0.717) is 0 Å². The van der Waals surface area contributed by atoms with Gasteiger partial charge in [-0.05, 0) is 65.1 Å². The van der Waals surface area contributed by atoms with Crippen LogP contribution in [0.2, 0.25) is 0 Å². The van der Waals surface area contributed by atoms with Gasteiger partial charge in [0.1, 0.15) is 0 Å². The van der Waals surface area contributed by atoms with E-state index in [1.165, 1.54) is 0 Å². The number of alkyl halides is 3. The van der Waals surface area contributed by atoms with Crippen molar-refractivity contribution in [1.29, 1.82) is 0 Å². The first kappa shape index (κ1) is 23.5. The summed E-state index contributed by atoms with van der Waals surface area (Å²) in [5.41, 5.74) is 2.08. The number of aliphatic hydroxyl groups is 1. The molecule has 2 fully saturated rings. The largest absolute Gasteiger partial charge is 0.519 e. The maximum Gasteiger partial charge on any atom is 0.519 e. The molecular weight excluding hydrogens is 388 g/mol. The first-order valence-corrected chi connectivity index (χ1v) is 9.51. The molecule has 1 aromatic carbocycles. The van der Waals surface area contributed by atoms with E-state index < -0.39 is 13.5 Å². The fourth-order valence-corrected chi connectivity index (χ4v) is 3.06. The fraction of sp³-hybridized carbons (Fsp3) is 0.632. The van der Waals surface area contributed by atoms with Gasteiger partial charge in [0, 0.05) is 18.8 Å². The molecule has 0 bridgehead atoms. The molecule has 2 N–H and O–H groups in total. The molecule has 0 radical (unpaired) electrons. The number of carbonyl (C=O) groups is 1. The third kappa shape index (κ3) is 6.35. The summed E-state index contributed by atoms with van der Waals surface area (Å²) in [6, 6.07) is 5.86. The van der Waals surface area contributed by atoms with E-state index in [0.717, 1.165) is 42.6 Å². The van der Waals surface area contributed by atoms with Gasteiger partial charge >= 0.3 is 19.5 Å². The monoisotopic (exact) mass is 416 g/mol. The molecule has 0 unspecified atom stereocenters. The summed E-state index contributed by atoms with van der Waals surface area (Å²) in [7, 11) is -0.418. The van der Waals surface area contributed by atoms with Gasteiger partial charge in [-0.1, -0.05) is 11.6 Å². The molecule has 29 heavy (non-hydrogen) atoms. The summed E-state index contributed by atoms with van der Waals surface area (Å²) in [5, 5.41) is 9.51. The highest BCUT2D eigenvalue weighted by molar-refractivity contribution is 6.62. The lowest BCUT2D eigenvalue weighted by atomic mass is 9.76. The van der Waals surface area contributed by atoms with Crippen molar-refractivity contribution in [3.8, 4) is 0 Å². The third-order valence-electron chi connectivity index (χ3n) is 5.43. The first-order valence-electron chi connectivity index (χ1n) is 9.51. The van der Waals surface area contributed by atoms with Crippen molar-refractivity contribution in [1.82, 2.24) is 4.90 Å². The number of nitrogens with one attached hydrogen (secondary N) is 1. The van der Waals surface area contributed by atoms with E-state index in [9.17, 15) is 18.0 Å². The van der Waals surface area contributed by atoms with Crippen molar-refractivity contribution < 1.29 is 32.4 Å². The van der Waals surface area contributed by atoms with Crippen LogP contribution in [-0.2, 0) is 9.31 Å². The van der Waals surface area contributed by atoms with Crippen LogP contribution in [0.15, 0.2) is 18.2 Å². The van der Waals surface area contributed by atoms with Crippen LogP contribution in [0.3, 0.4) is 0 Å². The van der Waals surface area contributed by atoms with Crippen molar-refractivity contribution in [2.24, 2.45) is 0 Å². The number of likely N-dealkylation sites (tertiary alicyclic amines) is 1. The molecule has 1 aromatic rings. The Balaban J connectivity index is 0.000000537. The van der Waals surface area contributed by atoms with Gasteiger partial charge in [-0.3, -0.25) is 0 Å².